The minimum atomic E-state index is -0.940. The van der Waals surface area contributed by atoms with Gasteiger partial charge in [-0.15, -0.1) is 0 Å². The smallest absolute Gasteiger partial charge is 0.191 e. The average Bonchev–Trinajstić information content (AvgIpc) is 2.77. The zero-order valence-corrected chi connectivity index (χ0v) is 14.9. The fourth-order valence-electron chi connectivity index (χ4n) is 2.13. The van der Waals surface area contributed by atoms with E-state index in [0.29, 0.717) is 5.56 Å². The van der Waals surface area contributed by atoms with Gasteiger partial charge >= 0.3 is 0 Å². The van der Waals surface area contributed by atoms with Crippen LogP contribution in [0.1, 0.15) is 11.7 Å². The van der Waals surface area contributed by atoms with Crippen LogP contribution in [0.5, 0.6) is 0 Å². The highest BCUT2D eigenvalue weighted by Gasteiger charge is 2.48. The van der Waals surface area contributed by atoms with E-state index in [1.165, 1.54) is 0 Å². The fourth-order valence-corrected chi connectivity index (χ4v) is 3.73. The maximum absolute atomic E-state index is 10.4. The summed E-state index contributed by atoms with van der Waals surface area (Å²) in [5.41, 5.74) is 0.692. The van der Waals surface area contributed by atoms with Crippen LogP contribution < -0.4 is 0 Å². The van der Waals surface area contributed by atoms with E-state index in [9.17, 15) is 10.2 Å². The van der Waals surface area contributed by atoms with Crippen molar-refractivity contribution in [1.82, 2.24) is 0 Å². The van der Waals surface area contributed by atoms with E-state index in [1.807, 2.05) is 18.2 Å². The first-order valence-corrected chi connectivity index (χ1v) is 11.4. The Balaban J connectivity index is 2.12. The predicted octanol–water partition coefficient (Wildman–Crippen LogP) is 1.97. The Bertz CT molecular complexity index is 409. The molecule has 1 fully saturated rings. The summed E-state index contributed by atoms with van der Waals surface area (Å²) >= 11 is 0. The maximum atomic E-state index is 10.4. The first-order valence-electron chi connectivity index (χ1n) is 5.98. The molecule has 1 saturated heterocycles. The summed E-state index contributed by atoms with van der Waals surface area (Å²) in [7, 11) is 5.17. The second kappa shape index (κ2) is 8.39. The van der Waals surface area contributed by atoms with Crippen molar-refractivity contribution >= 4 is 34.8 Å². The molecule has 1 aromatic carbocycles. The molecule has 0 saturated carbocycles. The SMILES string of the molecule is O[C@H]1[C@H](OPP)[C@H](OPP)O[C@H]1[C@@H](O)c1ccccc1. The van der Waals surface area contributed by atoms with Crippen molar-refractivity contribution in [3.8, 4) is 0 Å². The van der Waals surface area contributed by atoms with Crippen molar-refractivity contribution < 1.29 is 24.0 Å². The molecule has 1 heterocycles. The van der Waals surface area contributed by atoms with Gasteiger partial charge in [0, 0.05) is 17.0 Å². The summed E-state index contributed by atoms with van der Waals surface area (Å²) in [4.78, 5) is 0. The number of aliphatic hydroxyl groups excluding tert-OH is 2. The molecular weight excluding hydrogens is 336 g/mol. The van der Waals surface area contributed by atoms with Crippen LogP contribution in [0.4, 0.5) is 0 Å². The third kappa shape index (κ3) is 3.93. The number of ether oxygens (including phenoxy) is 1. The molecule has 112 valence electrons. The minimum Gasteiger partial charge on any atom is -0.387 e. The first-order chi connectivity index (χ1) is 9.69. The lowest BCUT2D eigenvalue weighted by atomic mass is 9.99. The van der Waals surface area contributed by atoms with Crippen LogP contribution in [0.2, 0.25) is 0 Å². The number of benzene rings is 1. The van der Waals surface area contributed by atoms with Crippen LogP contribution in [0.25, 0.3) is 0 Å². The van der Waals surface area contributed by atoms with Gasteiger partial charge in [0.1, 0.15) is 24.4 Å². The lowest BCUT2D eigenvalue weighted by Crippen LogP contribution is -2.36. The summed E-state index contributed by atoms with van der Waals surface area (Å²) in [6.45, 7) is 0. The van der Waals surface area contributed by atoms with Gasteiger partial charge in [-0.1, -0.05) is 48.2 Å². The molecule has 9 heteroatoms. The second-order valence-corrected chi connectivity index (χ2v) is 6.61. The highest BCUT2D eigenvalue weighted by atomic mass is 32.0. The van der Waals surface area contributed by atoms with Crippen molar-refractivity contribution in [2.45, 2.75) is 30.7 Å². The summed E-state index contributed by atoms with van der Waals surface area (Å²) in [5.74, 6) is 0. The van der Waals surface area contributed by atoms with Gasteiger partial charge in [-0.3, -0.25) is 0 Å². The van der Waals surface area contributed by atoms with Gasteiger partial charge in [-0.05, 0) is 5.56 Å². The second-order valence-electron chi connectivity index (χ2n) is 4.25. The Kier molecular flexibility index (Phi) is 7.18. The van der Waals surface area contributed by atoms with Crippen molar-refractivity contribution in [2.75, 3.05) is 0 Å². The molecule has 4 unspecified atom stereocenters. The maximum Gasteiger partial charge on any atom is 0.191 e. The van der Waals surface area contributed by atoms with Crippen molar-refractivity contribution in [2.24, 2.45) is 0 Å². The highest BCUT2D eigenvalue weighted by molar-refractivity contribution is 8.00. The third-order valence-corrected chi connectivity index (χ3v) is 4.67. The van der Waals surface area contributed by atoms with E-state index in [2.05, 4.69) is 17.9 Å². The Morgan fingerprint density at radius 1 is 1.15 bits per heavy atom. The van der Waals surface area contributed by atoms with E-state index in [1.54, 1.807) is 12.1 Å². The van der Waals surface area contributed by atoms with Gasteiger partial charge in [0.25, 0.3) is 0 Å². The molecule has 1 aromatic rings. The van der Waals surface area contributed by atoms with E-state index in [-0.39, 0.29) is 17.0 Å². The van der Waals surface area contributed by atoms with Crippen LogP contribution >= 0.6 is 34.8 Å². The van der Waals surface area contributed by atoms with Crippen LogP contribution in [0.15, 0.2) is 30.3 Å². The molecule has 0 aliphatic carbocycles. The van der Waals surface area contributed by atoms with E-state index in [4.69, 9.17) is 13.8 Å². The molecule has 0 amide bonds. The van der Waals surface area contributed by atoms with E-state index in [0.717, 1.165) is 0 Å². The summed E-state index contributed by atoms with van der Waals surface area (Å²) < 4.78 is 16.5. The van der Waals surface area contributed by atoms with E-state index >= 15 is 0 Å². The summed E-state index contributed by atoms with van der Waals surface area (Å²) in [5, 5.41) is 20.7. The van der Waals surface area contributed by atoms with Gasteiger partial charge in [-0.25, -0.2) is 0 Å². The summed E-state index contributed by atoms with van der Waals surface area (Å²) in [6.07, 6.45) is -3.90. The molecule has 1 aliphatic rings. The lowest BCUT2D eigenvalue weighted by Gasteiger charge is -2.21. The highest BCUT2D eigenvalue weighted by Crippen LogP contribution is 2.40. The Morgan fingerprint density at radius 2 is 1.80 bits per heavy atom. The topological polar surface area (TPSA) is 68.2 Å². The molecule has 0 bridgehead atoms. The molecule has 1 aliphatic heterocycles. The Hall–Kier alpha value is 0.740. The van der Waals surface area contributed by atoms with Crippen LogP contribution in [-0.2, 0) is 13.8 Å². The molecule has 20 heavy (non-hydrogen) atoms. The largest absolute Gasteiger partial charge is 0.387 e. The van der Waals surface area contributed by atoms with Gasteiger partial charge in [0.15, 0.2) is 6.29 Å². The van der Waals surface area contributed by atoms with Gasteiger partial charge < -0.3 is 24.0 Å². The molecular formula is C11H18O5P4. The zero-order chi connectivity index (χ0) is 14.5. The Morgan fingerprint density at radius 3 is 2.40 bits per heavy atom. The van der Waals surface area contributed by atoms with Gasteiger partial charge in [0.2, 0.25) is 0 Å². The van der Waals surface area contributed by atoms with Gasteiger partial charge in [0.05, 0.1) is 0 Å². The van der Waals surface area contributed by atoms with Crippen LogP contribution in [0, 0.1) is 0 Å². The molecule has 0 radical (unpaired) electrons. The molecule has 0 spiro atoms. The van der Waals surface area contributed by atoms with Crippen molar-refractivity contribution in [3.63, 3.8) is 0 Å². The van der Waals surface area contributed by atoms with Crippen LogP contribution in [-0.4, -0.2) is 34.8 Å². The molecule has 9 atom stereocenters. The first kappa shape index (κ1) is 17.1. The average molecular weight is 354 g/mol. The van der Waals surface area contributed by atoms with Crippen LogP contribution in [0.3, 0.4) is 0 Å². The standard InChI is InChI=1S/C11H18O5P4/c12-7(6-4-2-1-3-5-6)9-8(13)10(15-19-17)11(14-9)16-20-18/h1-5,7-13,19-20H,17-18H2/t7-,8+,9-,10-,11-/m0/s1. The van der Waals surface area contributed by atoms with Crippen molar-refractivity contribution in [1.29, 1.82) is 0 Å². The molecule has 2 N–H and O–H groups in total. The lowest BCUT2D eigenvalue weighted by molar-refractivity contribution is -0.123. The monoisotopic (exact) mass is 354 g/mol. The molecule has 5 nitrogen and oxygen atoms in total. The van der Waals surface area contributed by atoms with Crippen molar-refractivity contribution in [3.05, 3.63) is 35.9 Å². The predicted molar refractivity (Wildman–Crippen MR) is 88.1 cm³/mol. The minimum absolute atomic E-state index is 0.129. The number of aliphatic hydroxyl groups is 2. The number of hydrogen-bond donors (Lipinski definition) is 2. The third-order valence-electron chi connectivity index (χ3n) is 3.07. The number of rotatable bonds is 6. The van der Waals surface area contributed by atoms with E-state index < -0.39 is 30.7 Å². The fraction of sp³-hybridized carbons (Fsp3) is 0.455. The quantitative estimate of drug-likeness (QED) is 0.765. The summed E-state index contributed by atoms with van der Waals surface area (Å²) in [6, 6.07) is 9.11. The molecule has 0 aromatic heterocycles. The Labute approximate surface area is 126 Å². The normalized spacial score (nSPS) is 32.6. The molecule has 2 rings (SSSR count). The number of hydrogen-bond acceptors (Lipinski definition) is 5. The van der Waals surface area contributed by atoms with Gasteiger partial charge in [-0.2, -0.15) is 0 Å². The zero-order valence-electron chi connectivity index (χ0n) is 10.5.